The van der Waals surface area contributed by atoms with Crippen LogP contribution in [0.5, 0.6) is 5.88 Å². The maximum atomic E-state index is 12.2. The van der Waals surface area contributed by atoms with Crippen LogP contribution in [0.2, 0.25) is 0 Å². The van der Waals surface area contributed by atoms with Crippen molar-refractivity contribution in [3.05, 3.63) is 52.2 Å². The molecular formula is C22H23N3O4. The standard InChI is InChI=1S/C22H23N3O4/c1-13-19-11-29-22(3,4)9-17(19)18(10-23)21(24-13)28-12-20(27)25-16-7-5-15(6-8-16)14(2)26/h5-8H,9,11-12H2,1-4H3,(H,25,27). The van der Waals surface area contributed by atoms with Crippen LogP contribution in [-0.2, 0) is 22.6 Å². The number of aromatic nitrogens is 1. The minimum absolute atomic E-state index is 0.0438. The zero-order chi connectivity index (χ0) is 21.2. The molecule has 150 valence electrons. The number of nitrogens with zero attached hydrogens (tertiary/aromatic N) is 2. The van der Waals surface area contributed by atoms with E-state index in [-0.39, 0.29) is 29.8 Å². The Bertz CT molecular complexity index is 1000. The van der Waals surface area contributed by atoms with E-state index in [0.717, 1.165) is 16.8 Å². The smallest absolute Gasteiger partial charge is 0.262 e. The van der Waals surface area contributed by atoms with Crippen LogP contribution in [0.15, 0.2) is 24.3 Å². The lowest BCUT2D eigenvalue weighted by Gasteiger charge is -2.33. The number of carbonyl (C=O) groups is 2. The Morgan fingerprint density at radius 2 is 1.97 bits per heavy atom. The highest BCUT2D eigenvalue weighted by atomic mass is 16.5. The highest BCUT2D eigenvalue weighted by molar-refractivity contribution is 5.95. The van der Waals surface area contributed by atoms with E-state index >= 15 is 0 Å². The lowest BCUT2D eigenvalue weighted by Crippen LogP contribution is -2.33. The van der Waals surface area contributed by atoms with E-state index in [4.69, 9.17) is 9.47 Å². The molecule has 1 N–H and O–H groups in total. The van der Waals surface area contributed by atoms with Crippen LogP contribution >= 0.6 is 0 Å². The van der Waals surface area contributed by atoms with E-state index in [2.05, 4.69) is 16.4 Å². The van der Waals surface area contributed by atoms with Gasteiger partial charge in [0.1, 0.15) is 11.6 Å². The Balaban J connectivity index is 1.73. The number of aryl methyl sites for hydroxylation is 1. The van der Waals surface area contributed by atoms with Crippen molar-refractivity contribution in [3.8, 4) is 11.9 Å². The van der Waals surface area contributed by atoms with E-state index in [1.807, 2.05) is 20.8 Å². The van der Waals surface area contributed by atoms with Crippen molar-refractivity contribution in [2.75, 3.05) is 11.9 Å². The summed E-state index contributed by atoms with van der Waals surface area (Å²) in [6.45, 7) is 7.37. The van der Waals surface area contributed by atoms with E-state index in [1.165, 1.54) is 6.92 Å². The molecular weight excluding hydrogens is 370 g/mol. The predicted molar refractivity (Wildman–Crippen MR) is 107 cm³/mol. The summed E-state index contributed by atoms with van der Waals surface area (Å²) in [7, 11) is 0. The molecule has 1 aromatic carbocycles. The summed E-state index contributed by atoms with van der Waals surface area (Å²) in [5, 5.41) is 12.4. The Kier molecular flexibility index (Phi) is 5.66. The average molecular weight is 393 g/mol. The van der Waals surface area contributed by atoms with Crippen LogP contribution in [-0.4, -0.2) is 28.9 Å². The van der Waals surface area contributed by atoms with Gasteiger partial charge in [0.25, 0.3) is 5.91 Å². The highest BCUT2D eigenvalue weighted by Gasteiger charge is 2.31. The number of amides is 1. The van der Waals surface area contributed by atoms with Crippen molar-refractivity contribution < 1.29 is 19.1 Å². The number of ether oxygens (including phenoxy) is 2. The Morgan fingerprint density at radius 1 is 1.28 bits per heavy atom. The van der Waals surface area contributed by atoms with Gasteiger partial charge in [-0.15, -0.1) is 0 Å². The second-order valence-corrected chi connectivity index (χ2v) is 7.64. The van der Waals surface area contributed by atoms with Crippen LogP contribution in [0.1, 0.15) is 53.5 Å². The summed E-state index contributed by atoms with van der Waals surface area (Å²) in [6, 6.07) is 8.76. The summed E-state index contributed by atoms with van der Waals surface area (Å²) in [6.07, 6.45) is 0.569. The molecule has 3 rings (SSSR count). The SMILES string of the molecule is CC(=O)c1ccc(NC(=O)COc2nc(C)c3c(c2C#N)CC(C)(C)OC3)cc1. The fraction of sp³-hybridized carbons (Fsp3) is 0.364. The van der Waals surface area contributed by atoms with Crippen LogP contribution in [0.3, 0.4) is 0 Å². The number of carbonyl (C=O) groups excluding carboxylic acids is 2. The van der Waals surface area contributed by atoms with Crippen molar-refractivity contribution in [3.63, 3.8) is 0 Å². The van der Waals surface area contributed by atoms with Gasteiger partial charge < -0.3 is 14.8 Å². The van der Waals surface area contributed by atoms with Crippen molar-refractivity contribution in [1.82, 2.24) is 4.98 Å². The monoisotopic (exact) mass is 393 g/mol. The number of nitriles is 1. The quantitative estimate of drug-likeness (QED) is 0.782. The van der Waals surface area contributed by atoms with Gasteiger partial charge in [-0.2, -0.15) is 5.26 Å². The molecule has 1 amide bonds. The molecule has 0 saturated carbocycles. The van der Waals surface area contributed by atoms with E-state index in [9.17, 15) is 14.9 Å². The molecule has 0 fully saturated rings. The fourth-order valence-electron chi connectivity index (χ4n) is 3.24. The van der Waals surface area contributed by atoms with Gasteiger partial charge in [0.2, 0.25) is 5.88 Å². The van der Waals surface area contributed by atoms with Crippen molar-refractivity contribution in [1.29, 1.82) is 5.26 Å². The lowest BCUT2D eigenvalue weighted by molar-refractivity contribution is -0.118. The minimum Gasteiger partial charge on any atom is -0.467 e. The first kappa shape index (κ1) is 20.5. The third kappa shape index (κ3) is 4.61. The van der Waals surface area contributed by atoms with Gasteiger partial charge in [0.05, 0.1) is 12.2 Å². The number of ketones is 1. The number of nitrogens with one attached hydrogen (secondary N) is 1. The first-order chi connectivity index (χ1) is 13.7. The lowest BCUT2D eigenvalue weighted by atomic mass is 9.88. The number of pyridine rings is 1. The largest absolute Gasteiger partial charge is 0.467 e. The van der Waals surface area contributed by atoms with Crippen molar-refractivity contribution in [2.24, 2.45) is 0 Å². The zero-order valence-corrected chi connectivity index (χ0v) is 17.0. The van der Waals surface area contributed by atoms with Gasteiger partial charge in [-0.05, 0) is 57.5 Å². The van der Waals surface area contributed by atoms with Crippen LogP contribution in [0.25, 0.3) is 0 Å². The Hall–Kier alpha value is -3.24. The molecule has 0 spiro atoms. The topological polar surface area (TPSA) is 101 Å². The third-order valence-corrected chi connectivity index (χ3v) is 4.82. The second-order valence-electron chi connectivity index (χ2n) is 7.64. The molecule has 0 saturated heterocycles. The van der Waals surface area contributed by atoms with Gasteiger partial charge in [-0.3, -0.25) is 9.59 Å². The molecule has 29 heavy (non-hydrogen) atoms. The molecule has 2 aromatic rings. The average Bonchev–Trinajstić information content (AvgIpc) is 2.66. The molecule has 7 heteroatoms. The fourth-order valence-corrected chi connectivity index (χ4v) is 3.24. The van der Waals surface area contributed by atoms with Gasteiger partial charge in [-0.25, -0.2) is 4.98 Å². The predicted octanol–water partition coefficient (Wildman–Crippen LogP) is 3.33. The van der Waals surface area contributed by atoms with Gasteiger partial charge in [-0.1, -0.05) is 0 Å². The number of hydrogen-bond donors (Lipinski definition) is 1. The van der Waals surface area contributed by atoms with Crippen molar-refractivity contribution >= 4 is 17.4 Å². The molecule has 0 bridgehead atoms. The molecule has 2 heterocycles. The first-order valence-corrected chi connectivity index (χ1v) is 9.30. The Morgan fingerprint density at radius 3 is 2.59 bits per heavy atom. The summed E-state index contributed by atoms with van der Waals surface area (Å²) < 4.78 is 11.4. The van der Waals surface area contributed by atoms with E-state index < -0.39 is 0 Å². The number of anilines is 1. The number of rotatable bonds is 5. The number of hydrogen-bond acceptors (Lipinski definition) is 6. The number of benzene rings is 1. The number of fused-ring (bicyclic) bond motifs is 1. The minimum atomic E-state index is -0.384. The molecule has 0 atom stereocenters. The summed E-state index contributed by atoms with van der Waals surface area (Å²) in [5.74, 6) is -0.272. The summed E-state index contributed by atoms with van der Waals surface area (Å²) in [4.78, 5) is 27.9. The molecule has 0 unspecified atom stereocenters. The van der Waals surface area contributed by atoms with E-state index in [0.29, 0.717) is 29.8 Å². The second kappa shape index (κ2) is 8.02. The maximum absolute atomic E-state index is 12.2. The first-order valence-electron chi connectivity index (χ1n) is 9.30. The van der Waals surface area contributed by atoms with Crippen LogP contribution in [0, 0.1) is 18.3 Å². The Labute approximate surface area is 169 Å². The molecule has 1 aliphatic rings. The van der Waals surface area contributed by atoms with Gasteiger partial charge in [0, 0.05) is 28.9 Å². The molecule has 1 aromatic heterocycles. The number of Topliss-reactive ketones (excluding diaryl/α,β-unsaturated/α-hetero) is 1. The molecule has 0 radical (unpaired) electrons. The normalized spacial score (nSPS) is 14.4. The molecule has 7 nitrogen and oxygen atoms in total. The maximum Gasteiger partial charge on any atom is 0.262 e. The van der Waals surface area contributed by atoms with Crippen LogP contribution in [0.4, 0.5) is 5.69 Å². The molecule has 0 aliphatic carbocycles. The highest BCUT2D eigenvalue weighted by Crippen LogP contribution is 2.34. The van der Waals surface area contributed by atoms with Crippen LogP contribution < -0.4 is 10.1 Å². The zero-order valence-electron chi connectivity index (χ0n) is 17.0. The van der Waals surface area contributed by atoms with Gasteiger partial charge in [0.15, 0.2) is 12.4 Å². The van der Waals surface area contributed by atoms with Gasteiger partial charge >= 0.3 is 0 Å². The summed E-state index contributed by atoms with van der Waals surface area (Å²) >= 11 is 0. The molecule has 1 aliphatic heterocycles. The summed E-state index contributed by atoms with van der Waals surface area (Å²) in [5.41, 5.74) is 3.59. The van der Waals surface area contributed by atoms with E-state index in [1.54, 1.807) is 24.3 Å². The van der Waals surface area contributed by atoms with Crippen molar-refractivity contribution in [2.45, 2.75) is 46.3 Å². The third-order valence-electron chi connectivity index (χ3n) is 4.82.